The molecule has 1 N–H and O–H groups in total. The molecule has 1 amide bonds. The average Bonchev–Trinajstić information content (AvgIpc) is 3.01. The predicted molar refractivity (Wildman–Crippen MR) is 101 cm³/mol. The van der Waals surface area contributed by atoms with Gasteiger partial charge < -0.3 is 5.11 Å². The van der Waals surface area contributed by atoms with E-state index in [2.05, 4.69) is 10.1 Å². The van der Waals surface area contributed by atoms with Crippen LogP contribution in [0.15, 0.2) is 23.2 Å². The summed E-state index contributed by atoms with van der Waals surface area (Å²) in [5.41, 5.74) is -1.36. The fourth-order valence-electron chi connectivity index (χ4n) is 2.39. The lowest BCUT2D eigenvalue weighted by Crippen LogP contribution is -2.19. The fraction of sp³-hybridized carbons (Fsp3) is 0.526. The van der Waals surface area contributed by atoms with Crippen molar-refractivity contribution in [2.75, 3.05) is 0 Å². The Hall–Kier alpha value is -2.00. The van der Waals surface area contributed by atoms with Crippen molar-refractivity contribution >= 4 is 17.2 Å². The standard InChI is InChI=1S/C19H24F3N3O2S/c1-5-6-9-25-17(28-16(24-25)18(2,3)4)23-15(27)14-10-13(19(20,21)22)8-7-12(14)11-26/h7-8,10,26H,5-6,9,11H2,1-4H3/b23-17-. The normalized spacial score (nSPS) is 13.2. The Morgan fingerprint density at radius 1 is 1.29 bits per heavy atom. The highest BCUT2D eigenvalue weighted by Gasteiger charge is 2.31. The zero-order valence-corrected chi connectivity index (χ0v) is 17.1. The van der Waals surface area contributed by atoms with Crippen LogP contribution in [0.5, 0.6) is 0 Å². The molecular formula is C19H24F3N3O2S. The van der Waals surface area contributed by atoms with Gasteiger partial charge in [0.15, 0.2) is 0 Å². The Labute approximate surface area is 165 Å². The molecule has 0 aliphatic heterocycles. The molecule has 1 heterocycles. The largest absolute Gasteiger partial charge is 0.416 e. The molecule has 2 rings (SSSR count). The van der Waals surface area contributed by atoms with Crippen molar-refractivity contribution in [3.63, 3.8) is 0 Å². The topological polar surface area (TPSA) is 67.5 Å². The van der Waals surface area contributed by atoms with Gasteiger partial charge in [-0.05, 0) is 24.1 Å². The van der Waals surface area contributed by atoms with Crippen molar-refractivity contribution in [2.45, 2.75) is 65.3 Å². The molecule has 0 radical (unpaired) electrons. The minimum absolute atomic E-state index is 0.0995. The molecule has 0 atom stereocenters. The van der Waals surface area contributed by atoms with E-state index in [0.717, 1.165) is 36.0 Å². The SMILES string of the molecule is CCCCn1nc(C(C)(C)C)s/c1=N\C(=O)c1cc(C(F)(F)F)ccc1CO. The number of benzene rings is 1. The van der Waals surface area contributed by atoms with Crippen LogP contribution in [-0.2, 0) is 24.7 Å². The molecule has 1 aromatic heterocycles. The zero-order valence-electron chi connectivity index (χ0n) is 16.3. The second-order valence-electron chi connectivity index (χ2n) is 7.46. The molecule has 0 fully saturated rings. The summed E-state index contributed by atoms with van der Waals surface area (Å²) in [5, 5.41) is 14.7. The van der Waals surface area contributed by atoms with E-state index in [1.54, 1.807) is 4.68 Å². The molecule has 0 saturated heterocycles. The van der Waals surface area contributed by atoms with Gasteiger partial charge in [-0.1, -0.05) is 51.5 Å². The monoisotopic (exact) mass is 415 g/mol. The summed E-state index contributed by atoms with van der Waals surface area (Å²) in [5.74, 6) is -0.829. The van der Waals surface area contributed by atoms with Gasteiger partial charge in [-0.15, -0.1) is 0 Å². The molecule has 0 aliphatic rings. The summed E-state index contributed by atoms with van der Waals surface area (Å²) in [6.45, 7) is 7.98. The van der Waals surface area contributed by atoms with Gasteiger partial charge in [-0.2, -0.15) is 23.3 Å². The van der Waals surface area contributed by atoms with Gasteiger partial charge in [0.05, 0.1) is 12.2 Å². The Bertz CT molecular complexity index is 908. The number of nitrogens with zero attached hydrogens (tertiary/aromatic N) is 3. The maximum Gasteiger partial charge on any atom is 0.416 e. The molecule has 0 aliphatic carbocycles. The number of amides is 1. The third kappa shape index (κ3) is 5.29. The Balaban J connectivity index is 2.55. The highest BCUT2D eigenvalue weighted by atomic mass is 32.1. The van der Waals surface area contributed by atoms with Crippen LogP contribution in [0.3, 0.4) is 0 Å². The van der Waals surface area contributed by atoms with E-state index in [4.69, 9.17) is 0 Å². The van der Waals surface area contributed by atoms with Gasteiger partial charge in [-0.3, -0.25) is 4.79 Å². The van der Waals surface area contributed by atoms with Crippen LogP contribution >= 0.6 is 11.3 Å². The Morgan fingerprint density at radius 3 is 2.50 bits per heavy atom. The molecular weight excluding hydrogens is 391 g/mol. The second kappa shape index (κ2) is 8.57. The quantitative estimate of drug-likeness (QED) is 0.792. The molecule has 9 heteroatoms. The molecule has 28 heavy (non-hydrogen) atoms. The average molecular weight is 415 g/mol. The summed E-state index contributed by atoms with van der Waals surface area (Å²) in [4.78, 5) is 17.1. The van der Waals surface area contributed by atoms with Crippen molar-refractivity contribution in [3.8, 4) is 0 Å². The lowest BCUT2D eigenvalue weighted by atomic mass is 9.98. The summed E-state index contributed by atoms with van der Waals surface area (Å²) < 4.78 is 40.7. The number of carbonyl (C=O) groups excluding carboxylic acids is 1. The van der Waals surface area contributed by atoms with E-state index in [-0.39, 0.29) is 16.5 Å². The first-order chi connectivity index (χ1) is 13.0. The van der Waals surface area contributed by atoms with Gasteiger partial charge in [0, 0.05) is 17.5 Å². The highest BCUT2D eigenvalue weighted by Crippen LogP contribution is 2.31. The van der Waals surface area contributed by atoms with Gasteiger partial charge in [0.1, 0.15) is 5.01 Å². The van der Waals surface area contributed by atoms with Gasteiger partial charge >= 0.3 is 6.18 Å². The van der Waals surface area contributed by atoms with Crippen LogP contribution in [0.2, 0.25) is 0 Å². The smallest absolute Gasteiger partial charge is 0.392 e. The second-order valence-corrected chi connectivity index (χ2v) is 8.42. The van der Waals surface area contributed by atoms with E-state index < -0.39 is 24.3 Å². The highest BCUT2D eigenvalue weighted by molar-refractivity contribution is 7.09. The molecule has 0 bridgehead atoms. The molecule has 2 aromatic rings. The number of aromatic nitrogens is 2. The summed E-state index contributed by atoms with van der Waals surface area (Å²) in [6.07, 6.45) is -2.83. The molecule has 154 valence electrons. The minimum Gasteiger partial charge on any atom is -0.392 e. The molecule has 0 spiro atoms. The zero-order chi connectivity index (χ0) is 21.1. The third-order valence-electron chi connectivity index (χ3n) is 4.02. The van der Waals surface area contributed by atoms with Crippen molar-refractivity contribution in [2.24, 2.45) is 4.99 Å². The van der Waals surface area contributed by atoms with Crippen molar-refractivity contribution < 1.29 is 23.1 Å². The summed E-state index contributed by atoms with van der Waals surface area (Å²) in [6, 6.07) is 2.68. The minimum atomic E-state index is -4.59. The van der Waals surface area contributed by atoms with Gasteiger partial charge in [0.25, 0.3) is 5.91 Å². The van der Waals surface area contributed by atoms with E-state index in [0.29, 0.717) is 11.3 Å². The number of aryl methyl sites for hydroxylation is 1. The van der Waals surface area contributed by atoms with Crippen molar-refractivity contribution in [1.82, 2.24) is 9.78 Å². The maximum absolute atomic E-state index is 13.0. The lowest BCUT2D eigenvalue weighted by Gasteiger charge is -2.12. The molecule has 0 saturated carbocycles. The lowest BCUT2D eigenvalue weighted by molar-refractivity contribution is -0.137. The van der Waals surface area contributed by atoms with Crippen LogP contribution < -0.4 is 4.80 Å². The maximum atomic E-state index is 13.0. The van der Waals surface area contributed by atoms with Crippen LogP contribution in [-0.4, -0.2) is 20.8 Å². The first kappa shape index (κ1) is 22.3. The van der Waals surface area contributed by atoms with Gasteiger partial charge in [0.2, 0.25) is 4.80 Å². The fourth-order valence-corrected chi connectivity index (χ4v) is 3.37. The number of halogens is 3. The van der Waals surface area contributed by atoms with E-state index in [9.17, 15) is 23.1 Å². The first-order valence-corrected chi connectivity index (χ1v) is 9.77. The number of aliphatic hydroxyl groups is 1. The number of rotatable bonds is 5. The number of alkyl halides is 3. The van der Waals surface area contributed by atoms with Crippen LogP contribution in [0.4, 0.5) is 13.2 Å². The Morgan fingerprint density at radius 2 is 1.96 bits per heavy atom. The molecule has 1 aromatic carbocycles. The summed E-state index contributed by atoms with van der Waals surface area (Å²) in [7, 11) is 0. The third-order valence-corrected chi connectivity index (χ3v) is 5.39. The van der Waals surface area contributed by atoms with E-state index in [1.165, 1.54) is 11.3 Å². The number of carbonyl (C=O) groups is 1. The van der Waals surface area contributed by atoms with Crippen LogP contribution in [0, 0.1) is 0 Å². The summed E-state index contributed by atoms with van der Waals surface area (Å²) >= 11 is 1.24. The van der Waals surface area contributed by atoms with Crippen LogP contribution in [0.1, 0.15) is 67.0 Å². The van der Waals surface area contributed by atoms with E-state index in [1.807, 2.05) is 27.7 Å². The number of aliphatic hydroxyl groups excluding tert-OH is 1. The van der Waals surface area contributed by atoms with Crippen molar-refractivity contribution in [3.05, 3.63) is 44.7 Å². The van der Waals surface area contributed by atoms with E-state index >= 15 is 0 Å². The molecule has 0 unspecified atom stereocenters. The number of hydrogen-bond donors (Lipinski definition) is 1. The predicted octanol–water partition coefficient (Wildman–Crippen LogP) is 4.29. The van der Waals surface area contributed by atoms with Crippen LogP contribution in [0.25, 0.3) is 0 Å². The number of unbranched alkanes of at least 4 members (excludes halogenated alkanes) is 1. The number of hydrogen-bond acceptors (Lipinski definition) is 4. The first-order valence-electron chi connectivity index (χ1n) is 8.95. The van der Waals surface area contributed by atoms with Gasteiger partial charge in [-0.25, -0.2) is 4.68 Å². The Kier molecular flexibility index (Phi) is 6.82. The van der Waals surface area contributed by atoms with Crippen molar-refractivity contribution in [1.29, 1.82) is 0 Å². The molecule has 5 nitrogen and oxygen atoms in total.